The van der Waals surface area contributed by atoms with Crippen LogP contribution in [0.2, 0.25) is 0 Å². The molecule has 7 nitrogen and oxygen atoms in total. The van der Waals surface area contributed by atoms with E-state index in [2.05, 4.69) is 6.92 Å². The summed E-state index contributed by atoms with van der Waals surface area (Å²) >= 11 is 1.46. The van der Waals surface area contributed by atoms with Crippen molar-refractivity contribution in [1.29, 1.82) is 0 Å². The number of amides is 3. The van der Waals surface area contributed by atoms with Gasteiger partial charge in [-0.05, 0) is 54.4 Å². The number of thiazole rings is 1. The molecule has 5 rings (SSSR count). The summed E-state index contributed by atoms with van der Waals surface area (Å²) in [5.74, 6) is -0.0446. The minimum atomic E-state index is -0.242. The Morgan fingerprint density at radius 2 is 1.82 bits per heavy atom. The lowest BCUT2D eigenvalue weighted by atomic mass is 10.1. The van der Waals surface area contributed by atoms with Gasteiger partial charge < -0.3 is 4.42 Å². The van der Waals surface area contributed by atoms with Crippen LogP contribution in [0.15, 0.2) is 65.3 Å². The molecule has 1 aliphatic rings. The summed E-state index contributed by atoms with van der Waals surface area (Å²) in [6.45, 7) is 2.31. The Balaban J connectivity index is 1.50. The zero-order valence-corrected chi connectivity index (χ0v) is 18.8. The van der Waals surface area contributed by atoms with E-state index in [-0.39, 0.29) is 37.1 Å². The number of carbonyl (C=O) groups is 3. The van der Waals surface area contributed by atoms with Gasteiger partial charge in [0.1, 0.15) is 5.76 Å². The number of nitrogens with zero attached hydrogens (tertiary/aromatic N) is 3. The molecule has 3 heterocycles. The van der Waals surface area contributed by atoms with Gasteiger partial charge >= 0.3 is 0 Å². The van der Waals surface area contributed by atoms with Crippen LogP contribution in [0.1, 0.15) is 41.4 Å². The van der Waals surface area contributed by atoms with E-state index in [1.807, 2.05) is 24.3 Å². The first-order valence-corrected chi connectivity index (χ1v) is 11.6. The Bertz CT molecular complexity index is 1330. The average Bonchev–Trinajstić information content (AvgIpc) is 3.57. The van der Waals surface area contributed by atoms with Gasteiger partial charge in [0.05, 0.1) is 28.7 Å². The maximum Gasteiger partial charge on any atom is 0.260 e. The molecule has 0 atom stereocenters. The molecular weight excluding hydrogens is 438 g/mol. The second-order valence-electron chi connectivity index (χ2n) is 7.75. The summed E-state index contributed by atoms with van der Waals surface area (Å²) in [5.41, 5.74) is 2.94. The quantitative estimate of drug-likeness (QED) is 0.381. The van der Waals surface area contributed by atoms with Gasteiger partial charge in [-0.15, -0.1) is 0 Å². The van der Waals surface area contributed by atoms with Crippen LogP contribution in [0.3, 0.4) is 0 Å². The van der Waals surface area contributed by atoms with Crippen molar-refractivity contribution in [2.24, 2.45) is 0 Å². The first-order chi connectivity index (χ1) is 16.0. The number of aryl methyl sites for hydroxylation is 1. The number of para-hydroxylation sites is 1. The minimum absolute atomic E-state index is 0.216. The summed E-state index contributed by atoms with van der Waals surface area (Å²) in [7, 11) is 0. The maximum atomic E-state index is 13.6. The smallest absolute Gasteiger partial charge is 0.260 e. The van der Waals surface area contributed by atoms with Gasteiger partial charge in [-0.3, -0.25) is 24.2 Å². The van der Waals surface area contributed by atoms with E-state index in [9.17, 15) is 14.4 Å². The molecule has 0 spiro atoms. The monoisotopic (exact) mass is 459 g/mol. The Labute approximate surface area is 194 Å². The van der Waals surface area contributed by atoms with Crippen LogP contribution in [0.4, 0.5) is 10.8 Å². The molecule has 1 fully saturated rings. The van der Waals surface area contributed by atoms with Crippen molar-refractivity contribution in [1.82, 2.24) is 4.98 Å². The largest absolute Gasteiger partial charge is 0.467 e. The van der Waals surface area contributed by atoms with Crippen LogP contribution in [-0.4, -0.2) is 22.7 Å². The van der Waals surface area contributed by atoms with E-state index >= 15 is 0 Å². The van der Waals surface area contributed by atoms with Crippen LogP contribution in [-0.2, 0) is 22.6 Å². The molecule has 0 N–H and O–H groups in total. The lowest BCUT2D eigenvalue weighted by molar-refractivity contribution is -0.121. The van der Waals surface area contributed by atoms with Crippen molar-refractivity contribution in [3.8, 4) is 0 Å². The second kappa shape index (κ2) is 8.63. The lowest BCUT2D eigenvalue weighted by Crippen LogP contribution is -2.31. The normalized spacial score (nSPS) is 13.8. The average molecular weight is 460 g/mol. The summed E-state index contributed by atoms with van der Waals surface area (Å²) in [6.07, 6.45) is 2.86. The fourth-order valence-electron chi connectivity index (χ4n) is 3.95. The molecule has 3 amide bonds. The third kappa shape index (κ3) is 3.93. The minimum Gasteiger partial charge on any atom is -0.467 e. The van der Waals surface area contributed by atoms with Gasteiger partial charge in [0.15, 0.2) is 5.13 Å². The zero-order valence-electron chi connectivity index (χ0n) is 18.0. The van der Waals surface area contributed by atoms with Crippen LogP contribution in [0.5, 0.6) is 0 Å². The lowest BCUT2D eigenvalue weighted by Gasteiger charge is -2.19. The van der Waals surface area contributed by atoms with Crippen LogP contribution >= 0.6 is 11.3 Å². The van der Waals surface area contributed by atoms with Crippen molar-refractivity contribution < 1.29 is 18.8 Å². The number of anilines is 2. The van der Waals surface area contributed by atoms with E-state index in [0.717, 1.165) is 22.2 Å². The van der Waals surface area contributed by atoms with Crippen LogP contribution in [0, 0.1) is 0 Å². The number of imide groups is 1. The molecule has 0 saturated carbocycles. The van der Waals surface area contributed by atoms with E-state index in [1.54, 1.807) is 41.5 Å². The van der Waals surface area contributed by atoms with E-state index in [4.69, 9.17) is 9.40 Å². The van der Waals surface area contributed by atoms with Crippen molar-refractivity contribution in [2.45, 2.75) is 32.7 Å². The molecule has 4 aromatic rings. The Morgan fingerprint density at radius 3 is 2.48 bits per heavy atom. The third-order valence-electron chi connectivity index (χ3n) is 5.67. The first kappa shape index (κ1) is 21.1. The van der Waals surface area contributed by atoms with Gasteiger partial charge in [0, 0.05) is 18.4 Å². The van der Waals surface area contributed by atoms with Gasteiger partial charge in [0.2, 0.25) is 11.8 Å². The topological polar surface area (TPSA) is 83.7 Å². The zero-order chi connectivity index (χ0) is 22.9. The molecule has 33 heavy (non-hydrogen) atoms. The van der Waals surface area contributed by atoms with E-state index in [0.29, 0.717) is 22.1 Å². The SMILES string of the molecule is CCc1cccc2sc(N(Cc3ccco3)C(=O)c3ccc(N4C(=O)CCC4=O)cc3)nc12. The number of rotatable bonds is 6. The molecule has 166 valence electrons. The maximum absolute atomic E-state index is 13.6. The van der Waals surface area contributed by atoms with Gasteiger partial charge in [-0.1, -0.05) is 30.4 Å². The highest BCUT2D eigenvalue weighted by atomic mass is 32.1. The second-order valence-corrected chi connectivity index (χ2v) is 8.76. The highest BCUT2D eigenvalue weighted by Crippen LogP contribution is 2.33. The molecule has 0 aliphatic carbocycles. The molecular formula is C25H21N3O4S. The first-order valence-electron chi connectivity index (χ1n) is 10.7. The summed E-state index contributed by atoms with van der Waals surface area (Å²) in [5, 5.41) is 0.585. The van der Waals surface area contributed by atoms with Crippen molar-refractivity contribution in [3.63, 3.8) is 0 Å². The fourth-order valence-corrected chi connectivity index (χ4v) is 4.96. The molecule has 1 aliphatic heterocycles. The number of fused-ring (bicyclic) bond motifs is 1. The van der Waals surface area contributed by atoms with Gasteiger partial charge in [-0.25, -0.2) is 4.98 Å². The predicted octanol–water partition coefficient (Wildman–Crippen LogP) is 4.95. The van der Waals surface area contributed by atoms with Crippen LogP contribution < -0.4 is 9.80 Å². The molecule has 0 radical (unpaired) electrons. The van der Waals surface area contributed by atoms with Gasteiger partial charge in [-0.2, -0.15) is 0 Å². The number of benzene rings is 2. The highest BCUT2D eigenvalue weighted by Gasteiger charge is 2.30. The number of hydrogen-bond donors (Lipinski definition) is 0. The summed E-state index contributed by atoms with van der Waals surface area (Å²) in [6, 6.07) is 16.2. The number of hydrogen-bond acceptors (Lipinski definition) is 6. The predicted molar refractivity (Wildman–Crippen MR) is 126 cm³/mol. The van der Waals surface area contributed by atoms with Crippen LogP contribution in [0.25, 0.3) is 10.2 Å². The summed E-state index contributed by atoms with van der Waals surface area (Å²) < 4.78 is 6.52. The molecule has 0 unspecified atom stereocenters. The Morgan fingerprint density at radius 1 is 1.06 bits per heavy atom. The number of carbonyl (C=O) groups excluding carboxylic acids is 3. The Kier molecular flexibility index (Phi) is 5.51. The van der Waals surface area contributed by atoms with Crippen molar-refractivity contribution >= 4 is 50.1 Å². The number of aromatic nitrogens is 1. The van der Waals surface area contributed by atoms with Crippen molar-refractivity contribution in [3.05, 3.63) is 77.7 Å². The van der Waals surface area contributed by atoms with E-state index in [1.165, 1.54) is 16.2 Å². The summed E-state index contributed by atoms with van der Waals surface area (Å²) in [4.78, 5) is 45.2. The molecule has 2 aromatic heterocycles. The highest BCUT2D eigenvalue weighted by molar-refractivity contribution is 7.22. The van der Waals surface area contributed by atoms with Gasteiger partial charge in [0.25, 0.3) is 5.91 Å². The molecule has 8 heteroatoms. The number of furan rings is 1. The van der Waals surface area contributed by atoms with Crippen molar-refractivity contribution in [2.75, 3.05) is 9.80 Å². The molecule has 0 bridgehead atoms. The fraction of sp³-hybridized carbons (Fsp3) is 0.200. The Hall–Kier alpha value is -3.78. The van der Waals surface area contributed by atoms with E-state index < -0.39 is 0 Å². The third-order valence-corrected chi connectivity index (χ3v) is 6.71. The standard InChI is InChI=1S/C25H21N3O4S/c1-2-16-5-3-7-20-23(16)26-25(33-20)27(15-19-6-4-14-32-19)24(31)17-8-10-18(11-9-17)28-21(29)12-13-22(28)30/h3-11,14H,2,12-13,15H2,1H3. The molecule has 2 aromatic carbocycles. The molecule has 1 saturated heterocycles.